The van der Waals surface area contributed by atoms with Gasteiger partial charge in [0.05, 0.1) is 17.6 Å². The number of hydrogen-bond acceptors (Lipinski definition) is 3. The van der Waals surface area contributed by atoms with E-state index in [1.54, 1.807) is 0 Å². The number of fused-ring (bicyclic) bond motifs is 1. The summed E-state index contributed by atoms with van der Waals surface area (Å²) in [5.74, 6) is 1.90. The van der Waals surface area contributed by atoms with Crippen LogP contribution in [-0.2, 0) is 24.2 Å². The Morgan fingerprint density at radius 1 is 1.15 bits per heavy atom. The number of nitrogens with zero attached hydrogens (tertiary/aromatic N) is 2. The van der Waals surface area contributed by atoms with Crippen LogP contribution in [0, 0.1) is 0 Å². The van der Waals surface area contributed by atoms with Crippen LogP contribution in [0.3, 0.4) is 0 Å². The highest BCUT2D eigenvalue weighted by molar-refractivity contribution is 5.75. The maximum absolute atomic E-state index is 10.5. The summed E-state index contributed by atoms with van der Waals surface area (Å²) in [6.07, 6.45) is 3.37. The number of nitrogens with one attached hydrogen (secondary N) is 1. The summed E-state index contributed by atoms with van der Waals surface area (Å²) in [6, 6.07) is 16.4. The Morgan fingerprint density at radius 3 is 2.73 bits per heavy atom. The lowest BCUT2D eigenvalue weighted by molar-refractivity contribution is -0.109. The highest BCUT2D eigenvalue weighted by Gasteiger charge is 2.10. The van der Waals surface area contributed by atoms with Crippen molar-refractivity contribution in [1.82, 2.24) is 14.9 Å². The van der Waals surface area contributed by atoms with Crippen molar-refractivity contribution in [2.24, 2.45) is 0 Å². The van der Waals surface area contributed by atoms with Gasteiger partial charge in [0.15, 0.2) is 0 Å². The van der Waals surface area contributed by atoms with Crippen LogP contribution in [0.4, 0.5) is 0 Å². The van der Waals surface area contributed by atoms with E-state index < -0.39 is 0 Å². The molecule has 0 aliphatic heterocycles. The van der Waals surface area contributed by atoms with Crippen LogP contribution >= 0.6 is 0 Å². The van der Waals surface area contributed by atoms with Crippen molar-refractivity contribution in [1.29, 1.82) is 0 Å². The van der Waals surface area contributed by atoms with Gasteiger partial charge in [-0.05, 0) is 42.7 Å². The average Bonchev–Trinajstić information content (AvgIpc) is 3.03. The van der Waals surface area contributed by atoms with Crippen molar-refractivity contribution in [3.8, 4) is 5.75 Å². The molecule has 0 radical (unpaired) electrons. The number of rotatable bonds is 10. The van der Waals surface area contributed by atoms with Crippen LogP contribution in [0.25, 0.3) is 11.0 Å². The molecular weight excluding hydrogens is 326 g/mol. The number of carbonyl (C=O) groups is 1. The maximum Gasteiger partial charge on any atom is 0.207 e. The van der Waals surface area contributed by atoms with Gasteiger partial charge in [-0.15, -0.1) is 0 Å². The van der Waals surface area contributed by atoms with Crippen LogP contribution in [0.15, 0.2) is 48.5 Å². The largest absolute Gasteiger partial charge is 0.494 e. The molecule has 0 spiro atoms. The van der Waals surface area contributed by atoms with Gasteiger partial charge in [-0.3, -0.25) is 4.79 Å². The molecule has 5 nitrogen and oxygen atoms in total. The van der Waals surface area contributed by atoms with E-state index in [-0.39, 0.29) is 0 Å². The fourth-order valence-corrected chi connectivity index (χ4v) is 3.04. The highest BCUT2D eigenvalue weighted by atomic mass is 16.5. The standard InChI is InChI=1S/C21H25N3O2/c1-2-17-8-10-18(11-9-17)26-15-5-14-24-20-7-4-3-6-19(20)23-21(24)12-13-22-16-25/h3-4,6-11,16H,2,5,12-15H2,1H3,(H,22,25). The summed E-state index contributed by atoms with van der Waals surface area (Å²) < 4.78 is 8.09. The Bertz CT molecular complexity index is 840. The van der Waals surface area contributed by atoms with E-state index in [4.69, 9.17) is 9.72 Å². The first-order chi connectivity index (χ1) is 12.8. The molecule has 136 valence electrons. The number of imidazole rings is 1. The van der Waals surface area contributed by atoms with Crippen LogP contribution in [0.1, 0.15) is 24.7 Å². The van der Waals surface area contributed by atoms with Crippen LogP contribution in [0.2, 0.25) is 0 Å². The topological polar surface area (TPSA) is 56.1 Å². The minimum Gasteiger partial charge on any atom is -0.494 e. The Morgan fingerprint density at radius 2 is 1.96 bits per heavy atom. The molecule has 0 aliphatic rings. The van der Waals surface area contributed by atoms with Crippen molar-refractivity contribution in [2.75, 3.05) is 13.2 Å². The molecule has 0 saturated heterocycles. The van der Waals surface area contributed by atoms with Gasteiger partial charge >= 0.3 is 0 Å². The quantitative estimate of drug-likeness (QED) is 0.450. The van der Waals surface area contributed by atoms with Gasteiger partial charge in [-0.1, -0.05) is 31.2 Å². The minimum absolute atomic E-state index is 0.590. The van der Waals surface area contributed by atoms with Gasteiger partial charge in [-0.25, -0.2) is 4.98 Å². The minimum atomic E-state index is 0.590. The SMILES string of the molecule is CCc1ccc(OCCCn2c(CCNC=O)nc3ccccc32)cc1. The Hall–Kier alpha value is -2.82. The summed E-state index contributed by atoms with van der Waals surface area (Å²) >= 11 is 0. The molecule has 0 unspecified atom stereocenters. The number of benzene rings is 2. The summed E-state index contributed by atoms with van der Waals surface area (Å²) in [5, 5.41) is 2.71. The van der Waals surface area contributed by atoms with Crippen LogP contribution in [-0.4, -0.2) is 29.1 Å². The third-order valence-corrected chi connectivity index (χ3v) is 4.44. The number of para-hydroxylation sites is 2. The van der Waals surface area contributed by atoms with Crippen molar-refractivity contribution in [2.45, 2.75) is 32.7 Å². The average molecular weight is 351 g/mol. The van der Waals surface area contributed by atoms with Crippen molar-refractivity contribution < 1.29 is 9.53 Å². The van der Waals surface area contributed by atoms with Crippen molar-refractivity contribution in [3.05, 3.63) is 59.9 Å². The zero-order valence-electron chi connectivity index (χ0n) is 15.1. The van der Waals surface area contributed by atoms with Crippen molar-refractivity contribution >= 4 is 17.4 Å². The second kappa shape index (κ2) is 9.04. The molecular formula is C21H25N3O2. The zero-order chi connectivity index (χ0) is 18.2. The number of aromatic nitrogens is 2. The first-order valence-electron chi connectivity index (χ1n) is 9.14. The van der Waals surface area contributed by atoms with E-state index in [9.17, 15) is 4.79 Å². The molecule has 0 atom stereocenters. The van der Waals surface area contributed by atoms with Gasteiger partial charge in [-0.2, -0.15) is 0 Å². The lowest BCUT2D eigenvalue weighted by Crippen LogP contribution is -2.17. The molecule has 3 rings (SSSR count). The van der Waals surface area contributed by atoms with Gasteiger partial charge in [0.2, 0.25) is 6.41 Å². The molecule has 0 fully saturated rings. The van der Waals surface area contributed by atoms with E-state index in [1.165, 1.54) is 5.56 Å². The number of carbonyl (C=O) groups excluding carboxylic acids is 1. The predicted molar refractivity (Wildman–Crippen MR) is 103 cm³/mol. The molecule has 1 heterocycles. The lowest BCUT2D eigenvalue weighted by Gasteiger charge is -2.11. The van der Waals surface area contributed by atoms with Crippen molar-refractivity contribution in [3.63, 3.8) is 0 Å². The van der Waals surface area contributed by atoms with Crippen LogP contribution < -0.4 is 10.1 Å². The fourth-order valence-electron chi connectivity index (χ4n) is 3.04. The van der Waals surface area contributed by atoms with E-state index in [0.29, 0.717) is 19.6 Å². The third-order valence-electron chi connectivity index (χ3n) is 4.44. The summed E-state index contributed by atoms with van der Waals surface area (Å²) in [5.41, 5.74) is 3.43. The number of aryl methyl sites for hydroxylation is 2. The first kappa shape index (κ1) is 18.0. The number of amides is 1. The normalized spacial score (nSPS) is 10.8. The molecule has 3 aromatic rings. The molecule has 0 saturated carbocycles. The summed E-state index contributed by atoms with van der Waals surface area (Å²) in [4.78, 5) is 15.2. The van der Waals surface area contributed by atoms with E-state index in [1.807, 2.05) is 30.3 Å². The second-order valence-electron chi connectivity index (χ2n) is 6.19. The number of hydrogen-bond donors (Lipinski definition) is 1. The molecule has 2 aromatic carbocycles. The highest BCUT2D eigenvalue weighted by Crippen LogP contribution is 2.17. The summed E-state index contributed by atoms with van der Waals surface area (Å²) in [7, 11) is 0. The van der Waals surface area contributed by atoms with Crippen LogP contribution in [0.5, 0.6) is 5.75 Å². The lowest BCUT2D eigenvalue weighted by atomic mass is 10.2. The van der Waals surface area contributed by atoms with Gasteiger partial charge in [0, 0.05) is 19.5 Å². The molecule has 1 N–H and O–H groups in total. The second-order valence-corrected chi connectivity index (χ2v) is 6.19. The molecule has 1 amide bonds. The first-order valence-corrected chi connectivity index (χ1v) is 9.14. The van der Waals surface area contributed by atoms with Gasteiger partial charge in [0.25, 0.3) is 0 Å². The Kier molecular flexibility index (Phi) is 6.25. The zero-order valence-corrected chi connectivity index (χ0v) is 15.1. The molecule has 0 bridgehead atoms. The molecule has 1 aromatic heterocycles. The fraction of sp³-hybridized carbons (Fsp3) is 0.333. The molecule has 26 heavy (non-hydrogen) atoms. The molecule has 5 heteroatoms. The Balaban J connectivity index is 1.61. The number of ether oxygens (including phenoxy) is 1. The summed E-state index contributed by atoms with van der Waals surface area (Å²) in [6.45, 7) is 4.23. The van der Waals surface area contributed by atoms with Gasteiger partial charge in [0.1, 0.15) is 11.6 Å². The van der Waals surface area contributed by atoms with E-state index >= 15 is 0 Å². The maximum atomic E-state index is 10.5. The Labute approximate surface area is 154 Å². The third kappa shape index (κ3) is 4.42. The monoisotopic (exact) mass is 351 g/mol. The predicted octanol–water partition coefficient (Wildman–Crippen LogP) is 3.36. The van der Waals surface area contributed by atoms with E-state index in [0.717, 1.165) is 48.4 Å². The smallest absolute Gasteiger partial charge is 0.207 e. The van der Waals surface area contributed by atoms with E-state index in [2.05, 4.69) is 35.0 Å². The van der Waals surface area contributed by atoms with Gasteiger partial charge < -0.3 is 14.6 Å². The molecule has 0 aliphatic carbocycles.